The summed E-state index contributed by atoms with van der Waals surface area (Å²) in [5, 5.41) is 4.35. The lowest BCUT2D eigenvalue weighted by Crippen LogP contribution is -2.59. The third kappa shape index (κ3) is 6.87. The normalized spacial score (nSPS) is 16.9. The van der Waals surface area contributed by atoms with Gasteiger partial charge in [0.15, 0.2) is 0 Å². The molecule has 1 aliphatic heterocycles. The second-order valence-corrected chi connectivity index (χ2v) is 9.23. The van der Waals surface area contributed by atoms with E-state index < -0.39 is 36.8 Å². The van der Waals surface area contributed by atoms with E-state index in [4.69, 9.17) is 14.2 Å². The summed E-state index contributed by atoms with van der Waals surface area (Å²) in [5.74, 6) is -1.78. The van der Waals surface area contributed by atoms with E-state index in [0.29, 0.717) is 17.7 Å². The Kier molecular flexibility index (Phi) is 9.21. The number of nitrogens with zero attached hydrogens (tertiary/aromatic N) is 2. The van der Waals surface area contributed by atoms with Crippen LogP contribution in [0.2, 0.25) is 0 Å². The number of hydrogen-bond acceptors (Lipinski definition) is 6. The number of amides is 1. The maximum absolute atomic E-state index is 14.8. The SMILES string of the molecule is COc1cccc(C2=NN(C(=O)CCCc3ccccc3)C(OC(=O)COCc3ccccc3)(C(F)(F)F)C2)c1. The second kappa shape index (κ2) is 12.8. The topological polar surface area (TPSA) is 77.4 Å². The Morgan fingerprint density at radius 2 is 1.62 bits per heavy atom. The zero-order valence-corrected chi connectivity index (χ0v) is 21.9. The Labute approximate surface area is 230 Å². The maximum Gasteiger partial charge on any atom is 0.451 e. The molecule has 0 bridgehead atoms. The van der Waals surface area contributed by atoms with Crippen molar-refractivity contribution in [3.63, 3.8) is 0 Å². The molecule has 0 aliphatic carbocycles. The van der Waals surface area contributed by atoms with Gasteiger partial charge in [-0.25, -0.2) is 4.79 Å². The van der Waals surface area contributed by atoms with Crippen molar-refractivity contribution in [3.05, 3.63) is 102 Å². The Morgan fingerprint density at radius 3 is 2.27 bits per heavy atom. The molecule has 0 N–H and O–H groups in total. The molecule has 1 amide bonds. The lowest BCUT2D eigenvalue weighted by Gasteiger charge is -2.36. The van der Waals surface area contributed by atoms with Crippen LogP contribution in [0, 0.1) is 0 Å². The van der Waals surface area contributed by atoms with Crippen LogP contribution in [0.25, 0.3) is 0 Å². The van der Waals surface area contributed by atoms with Crippen molar-refractivity contribution in [2.24, 2.45) is 5.10 Å². The van der Waals surface area contributed by atoms with Gasteiger partial charge in [-0.2, -0.15) is 23.3 Å². The average Bonchev–Trinajstić information content (AvgIpc) is 3.35. The molecule has 1 atom stereocenters. The molecule has 1 aliphatic rings. The molecule has 0 aromatic heterocycles. The first-order valence-electron chi connectivity index (χ1n) is 12.7. The largest absolute Gasteiger partial charge is 0.497 e. The first-order chi connectivity index (χ1) is 19.2. The van der Waals surface area contributed by atoms with E-state index in [1.165, 1.54) is 13.2 Å². The first kappa shape index (κ1) is 28.8. The fourth-order valence-electron chi connectivity index (χ4n) is 4.35. The van der Waals surface area contributed by atoms with Crippen LogP contribution in [0.15, 0.2) is 90.0 Å². The van der Waals surface area contributed by atoms with Gasteiger partial charge < -0.3 is 14.2 Å². The molecule has 0 fully saturated rings. The van der Waals surface area contributed by atoms with Crippen LogP contribution in [0.1, 0.15) is 36.0 Å². The summed E-state index contributed by atoms with van der Waals surface area (Å²) < 4.78 is 59.9. The van der Waals surface area contributed by atoms with Crippen molar-refractivity contribution >= 4 is 17.6 Å². The lowest BCUT2D eigenvalue weighted by molar-refractivity contribution is -0.309. The van der Waals surface area contributed by atoms with E-state index in [1.54, 1.807) is 48.5 Å². The van der Waals surface area contributed by atoms with Crippen molar-refractivity contribution < 1.29 is 37.0 Å². The molecule has 3 aromatic carbocycles. The number of carbonyl (C=O) groups excluding carboxylic acids is 2. The summed E-state index contributed by atoms with van der Waals surface area (Å²) >= 11 is 0. The van der Waals surface area contributed by atoms with Crippen LogP contribution in [0.3, 0.4) is 0 Å². The Balaban J connectivity index is 1.56. The number of esters is 1. The minimum absolute atomic E-state index is 0.00263. The highest BCUT2D eigenvalue weighted by atomic mass is 19.4. The summed E-state index contributed by atoms with van der Waals surface area (Å²) in [6, 6.07) is 24.4. The molecule has 0 spiro atoms. The average molecular weight is 555 g/mol. The van der Waals surface area contributed by atoms with E-state index in [0.717, 1.165) is 11.1 Å². The number of methoxy groups -OCH3 is 1. The molecule has 4 rings (SSSR count). The van der Waals surface area contributed by atoms with Crippen molar-refractivity contribution in [1.82, 2.24) is 5.01 Å². The van der Waals surface area contributed by atoms with Gasteiger partial charge in [-0.3, -0.25) is 4.79 Å². The van der Waals surface area contributed by atoms with Crippen LogP contribution < -0.4 is 4.74 Å². The predicted molar refractivity (Wildman–Crippen MR) is 141 cm³/mol. The minimum atomic E-state index is -5.15. The number of hydrazone groups is 1. The van der Waals surface area contributed by atoms with Gasteiger partial charge in [0.05, 0.1) is 25.8 Å². The van der Waals surface area contributed by atoms with Gasteiger partial charge in [0.2, 0.25) is 5.91 Å². The van der Waals surface area contributed by atoms with Crippen LogP contribution in [0.4, 0.5) is 13.2 Å². The third-order valence-corrected chi connectivity index (χ3v) is 6.37. The first-order valence-corrected chi connectivity index (χ1v) is 12.7. The number of carbonyl (C=O) groups is 2. The summed E-state index contributed by atoms with van der Waals surface area (Å²) in [4.78, 5) is 25.9. The highest BCUT2D eigenvalue weighted by Gasteiger charge is 2.67. The van der Waals surface area contributed by atoms with Gasteiger partial charge in [-0.05, 0) is 36.1 Å². The van der Waals surface area contributed by atoms with Crippen molar-refractivity contribution in [2.75, 3.05) is 13.7 Å². The van der Waals surface area contributed by atoms with E-state index >= 15 is 0 Å². The second-order valence-electron chi connectivity index (χ2n) is 9.23. The molecule has 0 saturated carbocycles. The van der Waals surface area contributed by atoms with Crippen LogP contribution in [-0.2, 0) is 32.1 Å². The highest BCUT2D eigenvalue weighted by Crippen LogP contribution is 2.45. The quantitative estimate of drug-likeness (QED) is 0.286. The number of alkyl halides is 3. The van der Waals surface area contributed by atoms with Gasteiger partial charge in [0.1, 0.15) is 12.4 Å². The monoisotopic (exact) mass is 554 g/mol. The van der Waals surface area contributed by atoms with Gasteiger partial charge in [0, 0.05) is 12.0 Å². The van der Waals surface area contributed by atoms with Crippen LogP contribution in [0.5, 0.6) is 5.75 Å². The molecule has 210 valence electrons. The summed E-state index contributed by atoms with van der Waals surface area (Å²) in [6.07, 6.45) is -5.49. The molecule has 0 saturated heterocycles. The predicted octanol–water partition coefficient (Wildman–Crippen LogP) is 5.67. The standard InChI is InChI=1S/C30H29F3N2O5/c1-38-25-16-9-15-24(18-25)26-19-29(30(31,32)33,40-28(37)21-39-20-23-12-6-3-7-13-23)35(34-26)27(36)17-8-14-22-10-4-2-5-11-22/h2-7,9-13,15-16,18H,8,14,17,19-21H2,1H3. The highest BCUT2D eigenvalue weighted by molar-refractivity contribution is 6.04. The zero-order valence-electron chi connectivity index (χ0n) is 21.9. The molecular weight excluding hydrogens is 525 g/mol. The number of aryl methyl sites for hydroxylation is 1. The minimum Gasteiger partial charge on any atom is -0.497 e. The van der Waals surface area contributed by atoms with E-state index in [9.17, 15) is 22.8 Å². The third-order valence-electron chi connectivity index (χ3n) is 6.37. The maximum atomic E-state index is 14.8. The van der Waals surface area contributed by atoms with Crippen LogP contribution in [-0.4, -0.2) is 48.2 Å². The van der Waals surface area contributed by atoms with Gasteiger partial charge in [0.25, 0.3) is 0 Å². The number of rotatable bonds is 11. The molecule has 0 radical (unpaired) electrons. The van der Waals surface area contributed by atoms with Crippen LogP contribution >= 0.6 is 0 Å². The molecule has 40 heavy (non-hydrogen) atoms. The molecule has 1 unspecified atom stereocenters. The molecule has 7 nitrogen and oxygen atoms in total. The van der Waals surface area contributed by atoms with E-state index in [2.05, 4.69) is 5.10 Å². The van der Waals surface area contributed by atoms with Crippen molar-refractivity contribution in [1.29, 1.82) is 0 Å². The van der Waals surface area contributed by atoms with Crippen molar-refractivity contribution in [2.45, 2.75) is 44.2 Å². The smallest absolute Gasteiger partial charge is 0.451 e. The van der Waals surface area contributed by atoms with Gasteiger partial charge >= 0.3 is 17.9 Å². The molecular formula is C30H29F3N2O5. The number of benzene rings is 3. The number of ether oxygens (including phenoxy) is 3. The summed E-state index contributed by atoms with van der Waals surface area (Å²) in [6.45, 7) is -0.736. The van der Waals surface area contributed by atoms with E-state index in [-0.39, 0.29) is 30.2 Å². The van der Waals surface area contributed by atoms with E-state index in [1.807, 2.05) is 30.3 Å². The molecule has 1 heterocycles. The fourth-order valence-corrected chi connectivity index (χ4v) is 4.35. The zero-order chi connectivity index (χ0) is 28.6. The van der Waals surface area contributed by atoms with Crippen molar-refractivity contribution in [3.8, 4) is 5.75 Å². The van der Waals surface area contributed by atoms with Gasteiger partial charge in [-0.15, -0.1) is 0 Å². The Morgan fingerprint density at radius 1 is 0.950 bits per heavy atom. The summed E-state index contributed by atoms with van der Waals surface area (Å²) in [5.41, 5.74) is -1.39. The van der Waals surface area contributed by atoms with Gasteiger partial charge in [-0.1, -0.05) is 72.8 Å². The number of hydrogen-bond donors (Lipinski definition) is 0. The Hall–Kier alpha value is -4.18. The fraction of sp³-hybridized carbons (Fsp3) is 0.300. The summed E-state index contributed by atoms with van der Waals surface area (Å²) in [7, 11) is 1.43. The Bertz CT molecular complexity index is 1330. The lowest BCUT2D eigenvalue weighted by atomic mass is 10.00. The number of halogens is 3. The molecule has 3 aromatic rings. The molecule has 10 heteroatoms.